The van der Waals surface area contributed by atoms with E-state index in [-0.39, 0.29) is 11.9 Å². The molecule has 2 aliphatic heterocycles. The monoisotopic (exact) mass is 523 g/mol. The number of amides is 1. The van der Waals surface area contributed by atoms with Crippen LogP contribution in [0.1, 0.15) is 29.1 Å². The van der Waals surface area contributed by atoms with Crippen molar-refractivity contribution in [3.8, 4) is 10.6 Å². The van der Waals surface area contributed by atoms with Gasteiger partial charge in [0.05, 0.1) is 27.4 Å². The molecular weight excluding hydrogens is 498 g/mol. The van der Waals surface area contributed by atoms with Crippen molar-refractivity contribution in [2.75, 3.05) is 36.9 Å². The van der Waals surface area contributed by atoms with Crippen molar-refractivity contribution in [3.63, 3.8) is 0 Å². The molecule has 2 fully saturated rings. The van der Waals surface area contributed by atoms with Crippen LogP contribution < -0.4 is 10.6 Å². The number of β-amino-alcohol motifs (C(OH)–C–C–N with tert-alkyl or cyclic N) is 1. The highest BCUT2D eigenvalue weighted by atomic mass is 32.1. The van der Waals surface area contributed by atoms with Crippen molar-refractivity contribution >= 4 is 56.0 Å². The van der Waals surface area contributed by atoms with Gasteiger partial charge in [-0.2, -0.15) is 0 Å². The molecule has 36 heavy (non-hydrogen) atoms. The van der Waals surface area contributed by atoms with E-state index in [0.29, 0.717) is 35.3 Å². The quantitative estimate of drug-likeness (QED) is 0.346. The second kappa shape index (κ2) is 10.1. The first kappa shape index (κ1) is 23.2. The molecule has 6 rings (SSSR count). The normalized spacial score (nSPS) is 18.6. The van der Waals surface area contributed by atoms with Gasteiger partial charge in [0, 0.05) is 56.0 Å². The van der Waals surface area contributed by atoms with Crippen molar-refractivity contribution < 1.29 is 14.6 Å². The van der Waals surface area contributed by atoms with Crippen LogP contribution in [0.2, 0.25) is 0 Å². The number of likely N-dealkylation sites (tertiary alicyclic amines) is 1. The number of aromatic nitrogens is 4. The lowest BCUT2D eigenvalue weighted by atomic mass is 10.1. The minimum Gasteiger partial charge on any atom is -0.391 e. The molecule has 10 nitrogen and oxygen atoms in total. The highest BCUT2D eigenvalue weighted by Crippen LogP contribution is 2.34. The first-order valence-electron chi connectivity index (χ1n) is 11.9. The van der Waals surface area contributed by atoms with Gasteiger partial charge in [-0.3, -0.25) is 4.79 Å². The number of anilines is 3. The van der Waals surface area contributed by atoms with Gasteiger partial charge in [0.1, 0.15) is 5.82 Å². The largest absolute Gasteiger partial charge is 0.391 e. The van der Waals surface area contributed by atoms with Crippen molar-refractivity contribution in [1.82, 2.24) is 25.1 Å². The number of ether oxygens (including phenoxy) is 1. The fraction of sp³-hybridized carbons (Fsp3) is 0.375. The highest BCUT2D eigenvalue weighted by molar-refractivity contribution is 7.17. The van der Waals surface area contributed by atoms with Crippen molar-refractivity contribution in [2.45, 2.75) is 31.4 Å². The Bertz CT molecular complexity index is 1390. The third-order valence-corrected chi connectivity index (χ3v) is 8.11. The minimum absolute atomic E-state index is 0.195. The number of hydrogen-bond acceptors (Lipinski definition) is 11. The lowest BCUT2D eigenvalue weighted by molar-refractivity contribution is 0.0763. The number of nitrogens with zero attached hydrogens (tertiary/aromatic N) is 5. The smallest absolute Gasteiger partial charge is 0.284 e. The second-order valence-corrected chi connectivity index (χ2v) is 10.8. The molecule has 0 radical (unpaired) electrons. The molecule has 0 saturated carbocycles. The molecule has 2 saturated heterocycles. The zero-order valence-electron chi connectivity index (χ0n) is 19.4. The molecular formula is C24H25N7O3S2. The van der Waals surface area contributed by atoms with E-state index in [1.165, 1.54) is 11.3 Å². The molecule has 2 aliphatic rings. The van der Waals surface area contributed by atoms with E-state index in [4.69, 9.17) is 4.74 Å². The number of thiazole rings is 1. The molecule has 5 heterocycles. The number of carbonyl (C=O) groups is 1. The van der Waals surface area contributed by atoms with Crippen LogP contribution in [-0.4, -0.2) is 74.5 Å². The fourth-order valence-corrected chi connectivity index (χ4v) is 5.99. The van der Waals surface area contributed by atoms with Crippen LogP contribution in [0.15, 0.2) is 36.0 Å². The Morgan fingerprint density at radius 3 is 2.86 bits per heavy atom. The van der Waals surface area contributed by atoms with Crippen LogP contribution in [0.3, 0.4) is 0 Å². The average molecular weight is 524 g/mol. The summed E-state index contributed by atoms with van der Waals surface area (Å²) in [5, 5.41) is 26.2. The van der Waals surface area contributed by atoms with Crippen LogP contribution in [0.5, 0.6) is 0 Å². The Kier molecular flexibility index (Phi) is 6.48. The first-order valence-corrected chi connectivity index (χ1v) is 13.6. The molecule has 1 amide bonds. The summed E-state index contributed by atoms with van der Waals surface area (Å²) in [6.45, 7) is 2.30. The maximum Gasteiger partial charge on any atom is 0.284 e. The van der Waals surface area contributed by atoms with Gasteiger partial charge in [-0.25, -0.2) is 9.97 Å². The molecule has 0 spiro atoms. The van der Waals surface area contributed by atoms with Gasteiger partial charge in [0.2, 0.25) is 5.01 Å². The van der Waals surface area contributed by atoms with Crippen LogP contribution >= 0.6 is 22.7 Å². The molecule has 186 valence electrons. The fourth-order valence-electron chi connectivity index (χ4n) is 4.44. The SMILES string of the molecule is O=C(c1nnc(-c2cnc(Nc3ccc4ncsc4c3)cc2NC2CCOCC2)s1)N1CC[C@H](O)C1. The van der Waals surface area contributed by atoms with Crippen LogP contribution in [0.25, 0.3) is 20.8 Å². The molecule has 3 N–H and O–H groups in total. The number of benzene rings is 1. The predicted octanol–water partition coefficient (Wildman–Crippen LogP) is 3.75. The number of pyridine rings is 1. The van der Waals surface area contributed by atoms with Gasteiger partial charge in [-0.15, -0.1) is 21.5 Å². The summed E-state index contributed by atoms with van der Waals surface area (Å²) in [4.78, 5) is 23.4. The Hall–Kier alpha value is -3.19. The summed E-state index contributed by atoms with van der Waals surface area (Å²) in [7, 11) is 0. The Morgan fingerprint density at radius 1 is 1.14 bits per heavy atom. The van der Waals surface area contributed by atoms with E-state index in [2.05, 4.69) is 36.9 Å². The molecule has 1 atom stereocenters. The number of aliphatic hydroxyl groups excluding tert-OH is 1. The van der Waals surface area contributed by atoms with E-state index in [1.807, 2.05) is 23.7 Å². The lowest BCUT2D eigenvalue weighted by Gasteiger charge is -2.25. The van der Waals surface area contributed by atoms with E-state index < -0.39 is 6.10 Å². The van der Waals surface area contributed by atoms with Gasteiger partial charge in [-0.05, 0) is 37.5 Å². The Morgan fingerprint density at radius 2 is 2.03 bits per heavy atom. The number of hydrogen-bond donors (Lipinski definition) is 3. The average Bonchev–Trinajstić information content (AvgIpc) is 3.65. The van der Waals surface area contributed by atoms with Crippen molar-refractivity contribution in [3.05, 3.63) is 41.0 Å². The van der Waals surface area contributed by atoms with Gasteiger partial charge in [0.25, 0.3) is 5.91 Å². The van der Waals surface area contributed by atoms with E-state index in [1.54, 1.807) is 22.4 Å². The molecule has 1 aromatic carbocycles. The summed E-state index contributed by atoms with van der Waals surface area (Å²) >= 11 is 2.84. The zero-order valence-corrected chi connectivity index (χ0v) is 21.0. The molecule has 0 unspecified atom stereocenters. The number of rotatable bonds is 6. The molecule has 12 heteroatoms. The third kappa shape index (κ3) is 4.89. The molecule has 0 bridgehead atoms. The van der Waals surface area contributed by atoms with Crippen molar-refractivity contribution in [1.29, 1.82) is 0 Å². The highest BCUT2D eigenvalue weighted by Gasteiger charge is 2.28. The number of nitrogens with one attached hydrogen (secondary N) is 2. The number of fused-ring (bicyclic) bond motifs is 1. The molecule has 3 aromatic heterocycles. The summed E-state index contributed by atoms with van der Waals surface area (Å²) in [5.41, 5.74) is 5.42. The van der Waals surface area contributed by atoms with Crippen molar-refractivity contribution in [2.24, 2.45) is 0 Å². The van der Waals surface area contributed by atoms with Gasteiger partial charge in [-0.1, -0.05) is 11.3 Å². The summed E-state index contributed by atoms with van der Waals surface area (Å²) < 4.78 is 6.63. The van der Waals surface area contributed by atoms with Crippen LogP contribution in [0, 0.1) is 0 Å². The standard InChI is InChI=1S/C24H25N7O3S2/c32-16-3-6-31(12-16)24(33)23-30-29-22(36-23)17-11-25-21(10-19(17)27-14-4-7-34-8-5-14)28-15-1-2-18-20(9-15)35-13-26-18/h1-2,9-11,13-14,16,32H,3-8,12H2,(H2,25,27,28)/t16-/m0/s1. The van der Waals surface area contributed by atoms with Crippen LogP contribution in [-0.2, 0) is 4.74 Å². The summed E-state index contributed by atoms with van der Waals surface area (Å²) in [6.07, 6.45) is 3.69. The topological polar surface area (TPSA) is 125 Å². The predicted molar refractivity (Wildman–Crippen MR) is 140 cm³/mol. The van der Waals surface area contributed by atoms with Gasteiger partial charge < -0.3 is 25.4 Å². The molecule has 0 aliphatic carbocycles. The first-order chi connectivity index (χ1) is 17.6. The van der Waals surface area contributed by atoms with Gasteiger partial charge in [0.15, 0.2) is 5.01 Å². The van der Waals surface area contributed by atoms with Crippen LogP contribution in [0.4, 0.5) is 17.2 Å². The van der Waals surface area contributed by atoms with E-state index in [9.17, 15) is 9.90 Å². The molecule has 4 aromatic rings. The second-order valence-electron chi connectivity index (χ2n) is 8.91. The minimum atomic E-state index is -0.474. The number of carbonyl (C=O) groups excluding carboxylic acids is 1. The summed E-state index contributed by atoms with van der Waals surface area (Å²) in [5.74, 6) is 0.503. The van der Waals surface area contributed by atoms with E-state index in [0.717, 1.165) is 53.2 Å². The maximum atomic E-state index is 12.8. The zero-order chi connectivity index (χ0) is 24.5. The Balaban J connectivity index is 1.28. The van der Waals surface area contributed by atoms with E-state index >= 15 is 0 Å². The third-order valence-electron chi connectivity index (χ3n) is 6.38. The van der Waals surface area contributed by atoms with Gasteiger partial charge >= 0.3 is 0 Å². The Labute approximate surface area is 215 Å². The number of aliphatic hydroxyl groups is 1. The lowest BCUT2D eigenvalue weighted by Crippen LogP contribution is -2.29. The maximum absolute atomic E-state index is 12.8. The summed E-state index contributed by atoms with van der Waals surface area (Å²) in [6, 6.07) is 8.28.